The largest absolute Gasteiger partial charge is 0.449 e. The van der Waals surface area contributed by atoms with Gasteiger partial charge in [-0.25, -0.2) is 0 Å². The van der Waals surface area contributed by atoms with Gasteiger partial charge >= 0.3 is 0 Å². The second-order valence-corrected chi connectivity index (χ2v) is 2.31. The molecule has 1 aliphatic rings. The third-order valence-electron chi connectivity index (χ3n) is 1.67. The van der Waals surface area contributed by atoms with Crippen molar-refractivity contribution in [1.82, 2.24) is 4.90 Å². The van der Waals surface area contributed by atoms with Crippen LogP contribution in [-0.4, -0.2) is 31.2 Å². The number of carbonyl (C=O) groups is 1. The Bertz CT molecular complexity index is 105. The molecule has 0 bridgehead atoms. The maximum Gasteiger partial charge on any atom is 0.294 e. The Morgan fingerprint density at radius 1 is 1.78 bits per heavy atom. The summed E-state index contributed by atoms with van der Waals surface area (Å²) >= 11 is 0. The van der Waals surface area contributed by atoms with E-state index in [1.165, 1.54) is 0 Å². The molecule has 0 aromatic heterocycles. The van der Waals surface area contributed by atoms with Gasteiger partial charge in [0.1, 0.15) is 0 Å². The third kappa shape index (κ3) is 1.42. The van der Waals surface area contributed by atoms with Gasteiger partial charge < -0.3 is 4.74 Å². The van der Waals surface area contributed by atoms with Crippen molar-refractivity contribution in [3.8, 4) is 0 Å². The van der Waals surface area contributed by atoms with Gasteiger partial charge in [0.25, 0.3) is 6.47 Å². The van der Waals surface area contributed by atoms with Gasteiger partial charge in [-0.2, -0.15) is 0 Å². The van der Waals surface area contributed by atoms with E-state index < -0.39 is 0 Å². The average Bonchev–Trinajstić information content (AvgIpc) is 2.18. The van der Waals surface area contributed by atoms with Gasteiger partial charge in [-0.15, -0.1) is 0 Å². The summed E-state index contributed by atoms with van der Waals surface area (Å²) in [6, 6.07) is 0. The SMILES string of the molecule is CN1CCCC1OC=O. The van der Waals surface area contributed by atoms with Crippen LogP contribution in [0.25, 0.3) is 0 Å². The first kappa shape index (κ1) is 6.55. The van der Waals surface area contributed by atoms with Crippen LogP contribution in [0.5, 0.6) is 0 Å². The zero-order chi connectivity index (χ0) is 6.69. The number of hydrogen-bond donors (Lipinski definition) is 0. The van der Waals surface area contributed by atoms with Gasteiger partial charge in [-0.1, -0.05) is 0 Å². The minimum Gasteiger partial charge on any atom is -0.449 e. The molecule has 3 heteroatoms. The van der Waals surface area contributed by atoms with Crippen LogP contribution < -0.4 is 0 Å². The van der Waals surface area contributed by atoms with Crippen LogP contribution in [0, 0.1) is 0 Å². The van der Waals surface area contributed by atoms with E-state index in [1.807, 2.05) is 11.9 Å². The van der Waals surface area contributed by atoms with E-state index in [-0.39, 0.29) is 6.23 Å². The molecule has 0 amide bonds. The van der Waals surface area contributed by atoms with Crippen molar-refractivity contribution in [2.75, 3.05) is 13.6 Å². The second-order valence-electron chi connectivity index (χ2n) is 2.31. The third-order valence-corrected chi connectivity index (χ3v) is 1.67. The van der Waals surface area contributed by atoms with E-state index in [4.69, 9.17) is 4.74 Å². The standard InChI is InChI=1S/C6H11NO2/c1-7-4-2-3-6(7)9-5-8/h5-6H,2-4H2,1H3. The summed E-state index contributed by atoms with van der Waals surface area (Å²) in [5.41, 5.74) is 0. The molecule has 9 heavy (non-hydrogen) atoms. The Hall–Kier alpha value is -0.570. The van der Waals surface area contributed by atoms with Crippen molar-refractivity contribution in [2.45, 2.75) is 19.1 Å². The van der Waals surface area contributed by atoms with Gasteiger partial charge in [0.05, 0.1) is 0 Å². The fraction of sp³-hybridized carbons (Fsp3) is 0.833. The van der Waals surface area contributed by atoms with Gasteiger partial charge in [-0.05, 0) is 19.9 Å². The molecule has 52 valence electrons. The molecule has 3 nitrogen and oxygen atoms in total. The average molecular weight is 129 g/mol. The number of likely N-dealkylation sites (tertiary alicyclic amines) is 1. The lowest BCUT2D eigenvalue weighted by molar-refractivity contribution is -0.139. The quantitative estimate of drug-likeness (QED) is 0.499. The molecular formula is C6H11NO2. The normalized spacial score (nSPS) is 28.3. The molecule has 1 aliphatic heterocycles. The lowest BCUT2D eigenvalue weighted by Gasteiger charge is -2.16. The molecule has 1 unspecified atom stereocenters. The van der Waals surface area contributed by atoms with Gasteiger partial charge in [0.2, 0.25) is 0 Å². The molecule has 0 spiro atoms. The molecule has 0 saturated carbocycles. The minimum absolute atomic E-state index is 0.0440. The van der Waals surface area contributed by atoms with E-state index in [2.05, 4.69) is 0 Å². The van der Waals surface area contributed by atoms with Crippen molar-refractivity contribution in [1.29, 1.82) is 0 Å². The van der Waals surface area contributed by atoms with E-state index >= 15 is 0 Å². The molecule has 1 heterocycles. The molecular weight excluding hydrogens is 118 g/mol. The lowest BCUT2D eigenvalue weighted by atomic mass is 10.4. The topological polar surface area (TPSA) is 29.5 Å². The van der Waals surface area contributed by atoms with Gasteiger partial charge in [0, 0.05) is 6.54 Å². The Kier molecular flexibility index (Phi) is 2.05. The summed E-state index contributed by atoms with van der Waals surface area (Å²) in [5.74, 6) is 0. The van der Waals surface area contributed by atoms with Crippen LogP contribution in [0.15, 0.2) is 0 Å². The van der Waals surface area contributed by atoms with Crippen LogP contribution in [0.4, 0.5) is 0 Å². The predicted octanol–water partition coefficient (Wildman–Crippen LogP) is 0.211. The fourth-order valence-electron chi connectivity index (χ4n) is 1.12. The second kappa shape index (κ2) is 2.82. The molecule has 0 aliphatic carbocycles. The number of hydrogen-bond acceptors (Lipinski definition) is 3. The van der Waals surface area contributed by atoms with Crippen LogP contribution in [0.1, 0.15) is 12.8 Å². The molecule has 1 saturated heterocycles. The van der Waals surface area contributed by atoms with Crippen molar-refractivity contribution >= 4 is 6.47 Å². The van der Waals surface area contributed by atoms with Crippen molar-refractivity contribution in [3.63, 3.8) is 0 Å². The van der Waals surface area contributed by atoms with E-state index in [9.17, 15) is 4.79 Å². The Morgan fingerprint density at radius 3 is 3.00 bits per heavy atom. The van der Waals surface area contributed by atoms with Crippen molar-refractivity contribution in [3.05, 3.63) is 0 Å². The van der Waals surface area contributed by atoms with Gasteiger partial charge in [0.15, 0.2) is 6.23 Å². The van der Waals surface area contributed by atoms with E-state index in [1.54, 1.807) is 0 Å². The molecule has 1 fully saturated rings. The zero-order valence-electron chi connectivity index (χ0n) is 5.54. The summed E-state index contributed by atoms with van der Waals surface area (Å²) in [6.07, 6.45) is 2.16. The minimum atomic E-state index is 0.0440. The number of carbonyl (C=O) groups excluding carboxylic acids is 1. The summed E-state index contributed by atoms with van der Waals surface area (Å²) in [4.78, 5) is 11.9. The molecule has 0 radical (unpaired) electrons. The lowest BCUT2D eigenvalue weighted by Crippen LogP contribution is -2.26. The molecule has 0 aromatic carbocycles. The van der Waals surface area contributed by atoms with Crippen LogP contribution >= 0.6 is 0 Å². The molecule has 1 rings (SSSR count). The van der Waals surface area contributed by atoms with E-state index in [0.717, 1.165) is 19.4 Å². The summed E-state index contributed by atoms with van der Waals surface area (Å²) in [6.45, 7) is 1.56. The highest BCUT2D eigenvalue weighted by molar-refractivity contribution is 5.37. The first-order chi connectivity index (χ1) is 4.34. The van der Waals surface area contributed by atoms with Crippen LogP contribution in [-0.2, 0) is 9.53 Å². The zero-order valence-corrected chi connectivity index (χ0v) is 5.54. The number of ether oxygens (including phenoxy) is 1. The number of rotatable bonds is 2. The highest BCUT2D eigenvalue weighted by atomic mass is 16.5. The molecule has 1 atom stereocenters. The van der Waals surface area contributed by atoms with Crippen molar-refractivity contribution in [2.24, 2.45) is 0 Å². The molecule has 0 N–H and O–H groups in total. The Balaban J connectivity index is 2.30. The maximum absolute atomic E-state index is 9.86. The highest BCUT2D eigenvalue weighted by Crippen LogP contribution is 2.14. The maximum atomic E-state index is 9.86. The van der Waals surface area contributed by atoms with Gasteiger partial charge in [-0.3, -0.25) is 9.69 Å². The monoisotopic (exact) mass is 129 g/mol. The fourth-order valence-corrected chi connectivity index (χ4v) is 1.12. The smallest absolute Gasteiger partial charge is 0.294 e. The summed E-state index contributed by atoms with van der Waals surface area (Å²) in [7, 11) is 1.96. The van der Waals surface area contributed by atoms with Crippen LogP contribution in [0.2, 0.25) is 0 Å². The predicted molar refractivity (Wildman–Crippen MR) is 32.8 cm³/mol. The molecule has 0 aromatic rings. The van der Waals surface area contributed by atoms with E-state index in [0.29, 0.717) is 6.47 Å². The number of nitrogens with zero attached hydrogens (tertiary/aromatic N) is 1. The Morgan fingerprint density at radius 2 is 2.56 bits per heavy atom. The van der Waals surface area contributed by atoms with Crippen molar-refractivity contribution < 1.29 is 9.53 Å². The van der Waals surface area contributed by atoms with Crippen LogP contribution in [0.3, 0.4) is 0 Å². The highest BCUT2D eigenvalue weighted by Gasteiger charge is 2.20. The first-order valence-electron chi connectivity index (χ1n) is 3.14. The Labute approximate surface area is 54.6 Å². The summed E-state index contributed by atoms with van der Waals surface area (Å²) < 4.78 is 4.76. The first-order valence-corrected chi connectivity index (χ1v) is 3.14. The summed E-state index contributed by atoms with van der Waals surface area (Å²) in [5, 5.41) is 0.